The molecular formula is C11H13NO2. The number of nitriles is 1. The number of aliphatic hydroxyl groups excluding tert-OH is 1. The van der Waals surface area contributed by atoms with Crippen molar-refractivity contribution in [1.82, 2.24) is 0 Å². The molecule has 1 rings (SSSR count). The van der Waals surface area contributed by atoms with Crippen LogP contribution in [0.2, 0.25) is 0 Å². The van der Waals surface area contributed by atoms with Crippen molar-refractivity contribution in [3.8, 4) is 11.8 Å². The van der Waals surface area contributed by atoms with Crippen LogP contribution in [0.5, 0.6) is 5.75 Å². The Morgan fingerprint density at radius 2 is 1.93 bits per heavy atom. The van der Waals surface area contributed by atoms with Crippen molar-refractivity contribution in [3.05, 3.63) is 29.8 Å². The van der Waals surface area contributed by atoms with E-state index in [1.165, 1.54) is 0 Å². The molecule has 0 fully saturated rings. The summed E-state index contributed by atoms with van der Waals surface area (Å²) in [6.07, 6.45) is -1.13. The number of aliphatic hydroxyl groups is 1. The molecule has 0 aliphatic rings. The highest BCUT2D eigenvalue weighted by molar-refractivity contribution is 5.39. The predicted octanol–water partition coefficient (Wildman–Crippen LogP) is 1.55. The summed E-state index contributed by atoms with van der Waals surface area (Å²) in [7, 11) is 0. The van der Waals surface area contributed by atoms with Crippen molar-refractivity contribution in [3.63, 3.8) is 0 Å². The van der Waals surface area contributed by atoms with Crippen LogP contribution < -0.4 is 0 Å². The van der Waals surface area contributed by atoms with Gasteiger partial charge >= 0.3 is 0 Å². The van der Waals surface area contributed by atoms with E-state index in [4.69, 9.17) is 5.26 Å². The van der Waals surface area contributed by atoms with Gasteiger partial charge in [-0.25, -0.2) is 0 Å². The Bertz CT molecular complexity index is 366. The summed E-state index contributed by atoms with van der Waals surface area (Å²) in [5, 5.41) is 27.7. The number of hydrogen-bond acceptors (Lipinski definition) is 3. The fourth-order valence-electron chi connectivity index (χ4n) is 1.33. The Balaban J connectivity index is 3.17. The van der Waals surface area contributed by atoms with Crippen LogP contribution in [0, 0.1) is 11.3 Å². The van der Waals surface area contributed by atoms with Crippen LogP contribution in [0.15, 0.2) is 24.3 Å². The number of phenolic OH excluding ortho intramolecular Hbond substituents is 1. The van der Waals surface area contributed by atoms with Gasteiger partial charge in [0.1, 0.15) is 11.9 Å². The minimum absolute atomic E-state index is 0.104. The van der Waals surface area contributed by atoms with E-state index in [9.17, 15) is 10.2 Å². The summed E-state index contributed by atoms with van der Waals surface area (Å²) >= 11 is 0. The highest BCUT2D eigenvalue weighted by atomic mass is 16.3. The Kier molecular flexibility index (Phi) is 2.78. The first-order valence-corrected chi connectivity index (χ1v) is 4.36. The average molecular weight is 191 g/mol. The molecule has 0 saturated carbocycles. The van der Waals surface area contributed by atoms with E-state index in [-0.39, 0.29) is 5.75 Å². The van der Waals surface area contributed by atoms with Crippen LogP contribution in [0.1, 0.15) is 19.4 Å². The molecule has 1 aromatic rings. The molecule has 0 amide bonds. The van der Waals surface area contributed by atoms with E-state index >= 15 is 0 Å². The van der Waals surface area contributed by atoms with E-state index in [2.05, 4.69) is 0 Å². The van der Waals surface area contributed by atoms with Crippen molar-refractivity contribution in [2.24, 2.45) is 0 Å². The zero-order chi connectivity index (χ0) is 10.8. The van der Waals surface area contributed by atoms with Crippen LogP contribution in [0.4, 0.5) is 0 Å². The largest absolute Gasteiger partial charge is 0.508 e. The van der Waals surface area contributed by atoms with Gasteiger partial charge in [0.25, 0.3) is 0 Å². The van der Waals surface area contributed by atoms with E-state index in [0.717, 1.165) is 0 Å². The Morgan fingerprint density at radius 3 is 2.43 bits per heavy atom. The van der Waals surface area contributed by atoms with Crippen molar-refractivity contribution in [2.75, 3.05) is 0 Å². The molecule has 0 bridgehead atoms. The fourth-order valence-corrected chi connectivity index (χ4v) is 1.33. The quantitative estimate of drug-likeness (QED) is 0.697. The number of hydrogen-bond donors (Lipinski definition) is 2. The SMILES string of the molecule is CC(C)(c1ccccc1O)C(O)C#N. The first-order chi connectivity index (χ1) is 6.50. The normalized spacial score (nSPS) is 13.3. The molecule has 0 saturated heterocycles. The summed E-state index contributed by atoms with van der Waals surface area (Å²) in [4.78, 5) is 0. The number of rotatable bonds is 2. The zero-order valence-corrected chi connectivity index (χ0v) is 8.23. The standard InChI is InChI=1S/C11H13NO2/c1-11(2,10(14)7-12)8-5-3-4-6-9(8)13/h3-6,10,13-14H,1-2H3. The van der Waals surface area contributed by atoms with Crippen LogP contribution in [-0.2, 0) is 5.41 Å². The first kappa shape index (κ1) is 10.6. The molecule has 0 aliphatic heterocycles. The monoisotopic (exact) mass is 191 g/mol. The summed E-state index contributed by atoms with van der Waals surface area (Å²) in [6, 6.07) is 8.49. The summed E-state index contributed by atoms with van der Waals surface area (Å²) in [6.45, 7) is 3.44. The molecule has 0 heterocycles. The number of benzene rings is 1. The van der Waals surface area contributed by atoms with Crippen LogP contribution in [-0.4, -0.2) is 16.3 Å². The van der Waals surface area contributed by atoms with Crippen molar-refractivity contribution >= 4 is 0 Å². The van der Waals surface area contributed by atoms with E-state index < -0.39 is 11.5 Å². The summed E-state index contributed by atoms with van der Waals surface area (Å²) in [5.41, 5.74) is -0.186. The minimum atomic E-state index is -1.13. The molecule has 0 spiro atoms. The smallest absolute Gasteiger partial charge is 0.149 e. The third-order valence-electron chi connectivity index (χ3n) is 2.40. The second-order valence-electron chi connectivity index (χ2n) is 3.77. The van der Waals surface area contributed by atoms with E-state index in [0.29, 0.717) is 5.56 Å². The van der Waals surface area contributed by atoms with Gasteiger partial charge < -0.3 is 10.2 Å². The average Bonchev–Trinajstić information content (AvgIpc) is 2.17. The van der Waals surface area contributed by atoms with Gasteiger partial charge in [0, 0.05) is 11.0 Å². The van der Waals surface area contributed by atoms with Gasteiger partial charge in [-0.05, 0) is 6.07 Å². The van der Waals surface area contributed by atoms with Crippen LogP contribution in [0.25, 0.3) is 0 Å². The van der Waals surface area contributed by atoms with Gasteiger partial charge in [0.2, 0.25) is 0 Å². The predicted molar refractivity (Wildman–Crippen MR) is 52.8 cm³/mol. The second kappa shape index (κ2) is 3.69. The number of para-hydroxylation sites is 1. The summed E-state index contributed by atoms with van der Waals surface area (Å²) < 4.78 is 0. The minimum Gasteiger partial charge on any atom is -0.508 e. The molecule has 3 nitrogen and oxygen atoms in total. The van der Waals surface area contributed by atoms with E-state index in [1.54, 1.807) is 44.2 Å². The van der Waals surface area contributed by atoms with Gasteiger partial charge in [-0.15, -0.1) is 0 Å². The topological polar surface area (TPSA) is 64.2 Å². The van der Waals surface area contributed by atoms with Gasteiger partial charge in [-0.1, -0.05) is 32.0 Å². The highest BCUT2D eigenvalue weighted by Gasteiger charge is 2.31. The molecule has 1 atom stereocenters. The number of phenols is 1. The molecule has 0 aromatic heterocycles. The van der Waals surface area contributed by atoms with Gasteiger partial charge in [-0.3, -0.25) is 0 Å². The molecule has 0 aliphatic carbocycles. The van der Waals surface area contributed by atoms with Gasteiger partial charge in [0.05, 0.1) is 6.07 Å². The number of aromatic hydroxyl groups is 1. The molecule has 74 valence electrons. The molecule has 2 N–H and O–H groups in total. The maximum Gasteiger partial charge on any atom is 0.149 e. The van der Waals surface area contributed by atoms with Crippen molar-refractivity contribution in [1.29, 1.82) is 5.26 Å². The first-order valence-electron chi connectivity index (χ1n) is 4.36. The molecule has 1 unspecified atom stereocenters. The Hall–Kier alpha value is -1.53. The van der Waals surface area contributed by atoms with Gasteiger partial charge in [0.15, 0.2) is 0 Å². The third kappa shape index (κ3) is 1.70. The lowest BCUT2D eigenvalue weighted by Crippen LogP contribution is -2.32. The van der Waals surface area contributed by atoms with Crippen molar-refractivity contribution < 1.29 is 10.2 Å². The van der Waals surface area contributed by atoms with Crippen molar-refractivity contribution in [2.45, 2.75) is 25.4 Å². The molecular weight excluding hydrogens is 178 g/mol. The molecule has 3 heteroatoms. The molecule has 0 radical (unpaired) electrons. The summed E-state index contributed by atoms with van der Waals surface area (Å²) in [5.74, 6) is 0.104. The Morgan fingerprint density at radius 1 is 1.36 bits per heavy atom. The maximum atomic E-state index is 9.57. The molecule has 14 heavy (non-hydrogen) atoms. The van der Waals surface area contributed by atoms with Crippen LogP contribution >= 0.6 is 0 Å². The van der Waals surface area contributed by atoms with E-state index in [1.807, 2.05) is 0 Å². The van der Waals surface area contributed by atoms with Gasteiger partial charge in [-0.2, -0.15) is 5.26 Å². The number of nitrogens with zero attached hydrogens (tertiary/aromatic N) is 1. The highest BCUT2D eigenvalue weighted by Crippen LogP contribution is 2.33. The zero-order valence-electron chi connectivity index (χ0n) is 8.23. The van der Waals surface area contributed by atoms with Crippen LogP contribution in [0.3, 0.4) is 0 Å². The third-order valence-corrected chi connectivity index (χ3v) is 2.40. The lowest BCUT2D eigenvalue weighted by molar-refractivity contribution is 0.149. The lowest BCUT2D eigenvalue weighted by atomic mass is 9.79. The second-order valence-corrected chi connectivity index (χ2v) is 3.77. The maximum absolute atomic E-state index is 9.57. The Labute approximate surface area is 83.2 Å². The fraction of sp³-hybridized carbons (Fsp3) is 0.364. The molecule has 1 aromatic carbocycles. The lowest BCUT2D eigenvalue weighted by Gasteiger charge is -2.27.